The fraction of sp³-hybridized carbons (Fsp3) is 0.533. The molecule has 1 fully saturated rings. The fourth-order valence-corrected chi connectivity index (χ4v) is 3.47. The van der Waals surface area contributed by atoms with Gasteiger partial charge in [-0.2, -0.15) is 0 Å². The number of pyridine rings is 1. The van der Waals surface area contributed by atoms with Crippen molar-refractivity contribution in [3.8, 4) is 0 Å². The van der Waals surface area contributed by atoms with Crippen molar-refractivity contribution in [2.24, 2.45) is 5.92 Å². The third-order valence-electron chi connectivity index (χ3n) is 4.39. The molecule has 2 aliphatic rings. The number of likely N-dealkylation sites (tertiary alicyclic amines) is 1. The first-order chi connectivity index (χ1) is 10.0. The van der Waals surface area contributed by atoms with Crippen LogP contribution in [0.2, 0.25) is 0 Å². The van der Waals surface area contributed by atoms with Gasteiger partial charge in [0.2, 0.25) is 5.91 Å². The van der Waals surface area contributed by atoms with Crippen molar-refractivity contribution < 1.29 is 14.7 Å². The summed E-state index contributed by atoms with van der Waals surface area (Å²) in [5.74, 6) is -0.582. The molecule has 3 rings (SSSR count). The van der Waals surface area contributed by atoms with Crippen LogP contribution < -0.4 is 5.56 Å². The van der Waals surface area contributed by atoms with E-state index < -0.39 is 5.97 Å². The van der Waals surface area contributed by atoms with Gasteiger partial charge in [0.15, 0.2) is 0 Å². The topological polar surface area (TPSA) is 79.6 Å². The predicted octanol–water partition coefficient (Wildman–Crippen LogP) is 0.659. The molecule has 1 aromatic rings. The number of aromatic nitrogens is 1. The molecular formula is C15H18N2O4. The molecule has 0 spiro atoms. The number of nitrogens with zero attached hydrogens (tertiary/aromatic N) is 2. The molecule has 3 heterocycles. The summed E-state index contributed by atoms with van der Waals surface area (Å²) in [6.07, 6.45) is 0.920. The van der Waals surface area contributed by atoms with Gasteiger partial charge in [-0.15, -0.1) is 0 Å². The molecule has 1 saturated heterocycles. The Balaban J connectivity index is 1.77. The van der Waals surface area contributed by atoms with Crippen LogP contribution >= 0.6 is 0 Å². The molecule has 0 saturated carbocycles. The molecule has 0 aliphatic carbocycles. The first-order valence-electron chi connectivity index (χ1n) is 7.24. The molecule has 1 aromatic heterocycles. The molecule has 6 nitrogen and oxygen atoms in total. The van der Waals surface area contributed by atoms with Crippen LogP contribution in [0.4, 0.5) is 0 Å². The van der Waals surface area contributed by atoms with E-state index in [4.69, 9.17) is 5.11 Å². The normalized spacial score (nSPS) is 23.5. The van der Waals surface area contributed by atoms with Gasteiger partial charge in [-0.25, -0.2) is 0 Å². The Labute approximate surface area is 122 Å². The van der Waals surface area contributed by atoms with Gasteiger partial charge in [-0.1, -0.05) is 6.07 Å². The number of amides is 1. The smallest absolute Gasteiger partial charge is 0.303 e. The van der Waals surface area contributed by atoms with E-state index in [1.165, 1.54) is 0 Å². The van der Waals surface area contributed by atoms with Crippen LogP contribution in [0.25, 0.3) is 0 Å². The van der Waals surface area contributed by atoms with Crippen LogP contribution in [-0.4, -0.2) is 39.5 Å². The Kier molecular flexibility index (Phi) is 3.53. The van der Waals surface area contributed by atoms with Crippen LogP contribution in [-0.2, 0) is 16.1 Å². The Hall–Kier alpha value is -2.11. The van der Waals surface area contributed by atoms with Gasteiger partial charge in [0, 0.05) is 43.7 Å². The molecule has 2 atom stereocenters. The summed E-state index contributed by atoms with van der Waals surface area (Å²) in [6.45, 7) is 1.85. The van der Waals surface area contributed by atoms with E-state index >= 15 is 0 Å². The quantitative estimate of drug-likeness (QED) is 0.887. The second-order valence-corrected chi connectivity index (χ2v) is 5.89. The molecule has 21 heavy (non-hydrogen) atoms. The molecule has 112 valence electrons. The minimum absolute atomic E-state index is 0.0212. The van der Waals surface area contributed by atoms with Gasteiger partial charge in [0.1, 0.15) is 0 Å². The summed E-state index contributed by atoms with van der Waals surface area (Å²) in [5, 5.41) is 8.67. The van der Waals surface area contributed by atoms with Crippen molar-refractivity contribution in [2.45, 2.75) is 31.7 Å². The molecule has 6 heteroatoms. The molecule has 2 unspecified atom stereocenters. The number of carbonyl (C=O) groups is 2. The van der Waals surface area contributed by atoms with E-state index in [1.807, 2.05) is 10.6 Å². The minimum Gasteiger partial charge on any atom is -0.481 e. The SMILES string of the molecule is O=C(O)CCC(=O)N1CC2CC(C1)c1cccc(=O)n1C2. The summed E-state index contributed by atoms with van der Waals surface area (Å²) >= 11 is 0. The van der Waals surface area contributed by atoms with Gasteiger partial charge < -0.3 is 14.6 Å². The van der Waals surface area contributed by atoms with Crippen LogP contribution in [0, 0.1) is 5.92 Å². The third kappa shape index (κ3) is 2.70. The van der Waals surface area contributed by atoms with Crippen molar-refractivity contribution in [3.63, 3.8) is 0 Å². The second kappa shape index (κ2) is 5.35. The van der Waals surface area contributed by atoms with Crippen molar-refractivity contribution in [1.82, 2.24) is 9.47 Å². The van der Waals surface area contributed by atoms with Crippen LogP contribution in [0.5, 0.6) is 0 Å². The fourth-order valence-electron chi connectivity index (χ4n) is 3.47. The molecule has 1 N–H and O–H groups in total. The number of aliphatic carboxylic acids is 1. The lowest BCUT2D eigenvalue weighted by Gasteiger charge is -2.42. The predicted molar refractivity (Wildman–Crippen MR) is 75.0 cm³/mol. The summed E-state index contributed by atoms with van der Waals surface area (Å²) in [5.41, 5.74) is 1.02. The highest BCUT2D eigenvalue weighted by Crippen LogP contribution is 2.35. The Bertz CT molecular complexity index is 637. The maximum absolute atomic E-state index is 12.1. The molecule has 0 radical (unpaired) electrons. The standard InChI is InChI=1S/C15H18N2O4/c18-13(4-5-15(20)21)16-7-10-6-11(9-16)12-2-1-3-14(19)17(12)8-10/h1-3,10-11H,4-9H2,(H,20,21). The van der Waals surface area contributed by atoms with Gasteiger partial charge in [-0.05, 0) is 18.4 Å². The lowest BCUT2D eigenvalue weighted by molar-refractivity contribution is -0.141. The lowest BCUT2D eigenvalue weighted by atomic mass is 9.83. The van der Waals surface area contributed by atoms with Crippen molar-refractivity contribution in [1.29, 1.82) is 0 Å². The molecular weight excluding hydrogens is 272 g/mol. The van der Waals surface area contributed by atoms with E-state index in [-0.39, 0.29) is 36.1 Å². The third-order valence-corrected chi connectivity index (χ3v) is 4.39. The maximum Gasteiger partial charge on any atom is 0.303 e. The average Bonchev–Trinajstić information content (AvgIpc) is 2.45. The number of hydrogen-bond acceptors (Lipinski definition) is 3. The van der Waals surface area contributed by atoms with Crippen LogP contribution in [0.15, 0.2) is 23.0 Å². The molecule has 0 aromatic carbocycles. The zero-order chi connectivity index (χ0) is 15.0. The van der Waals surface area contributed by atoms with Gasteiger partial charge in [0.05, 0.1) is 6.42 Å². The molecule has 2 bridgehead atoms. The van der Waals surface area contributed by atoms with Crippen LogP contribution in [0.3, 0.4) is 0 Å². The first kappa shape index (κ1) is 13.9. The van der Waals surface area contributed by atoms with Crippen LogP contribution in [0.1, 0.15) is 30.9 Å². The number of carbonyl (C=O) groups excluding carboxylic acids is 1. The van der Waals surface area contributed by atoms with E-state index in [1.54, 1.807) is 17.0 Å². The first-order valence-corrected chi connectivity index (χ1v) is 7.24. The summed E-state index contributed by atoms with van der Waals surface area (Å²) in [7, 11) is 0. The summed E-state index contributed by atoms with van der Waals surface area (Å²) in [4.78, 5) is 36.4. The largest absolute Gasteiger partial charge is 0.481 e. The van der Waals surface area contributed by atoms with Crippen molar-refractivity contribution in [2.75, 3.05) is 13.1 Å². The number of fused-ring (bicyclic) bond motifs is 4. The summed E-state index contributed by atoms with van der Waals surface area (Å²) in [6, 6.07) is 5.29. The Morgan fingerprint density at radius 1 is 1.19 bits per heavy atom. The Morgan fingerprint density at radius 3 is 2.76 bits per heavy atom. The lowest BCUT2D eigenvalue weighted by Crippen LogP contribution is -2.49. The summed E-state index contributed by atoms with van der Waals surface area (Å²) < 4.78 is 1.82. The highest BCUT2D eigenvalue weighted by Gasteiger charge is 2.35. The maximum atomic E-state index is 12.1. The Morgan fingerprint density at radius 2 is 2.00 bits per heavy atom. The molecule has 2 aliphatic heterocycles. The monoisotopic (exact) mass is 290 g/mol. The zero-order valence-electron chi connectivity index (χ0n) is 11.7. The number of carboxylic acids is 1. The number of hydrogen-bond donors (Lipinski definition) is 1. The number of piperidine rings is 1. The highest BCUT2D eigenvalue weighted by molar-refractivity contribution is 5.80. The van der Waals surface area contributed by atoms with Crippen molar-refractivity contribution >= 4 is 11.9 Å². The van der Waals surface area contributed by atoms with Gasteiger partial charge in [-0.3, -0.25) is 14.4 Å². The highest BCUT2D eigenvalue weighted by atomic mass is 16.4. The second-order valence-electron chi connectivity index (χ2n) is 5.89. The average molecular weight is 290 g/mol. The molecule has 1 amide bonds. The van der Waals surface area contributed by atoms with E-state index in [0.717, 1.165) is 12.1 Å². The van der Waals surface area contributed by atoms with Gasteiger partial charge >= 0.3 is 5.97 Å². The number of carboxylic acid groups (broad SMARTS) is 1. The van der Waals surface area contributed by atoms with Gasteiger partial charge in [0.25, 0.3) is 5.56 Å². The van der Waals surface area contributed by atoms with E-state index in [9.17, 15) is 14.4 Å². The number of rotatable bonds is 3. The zero-order valence-corrected chi connectivity index (χ0v) is 11.7. The van der Waals surface area contributed by atoms with E-state index in [2.05, 4.69) is 0 Å². The minimum atomic E-state index is -0.947. The van der Waals surface area contributed by atoms with Crippen molar-refractivity contribution in [3.05, 3.63) is 34.2 Å². The van der Waals surface area contributed by atoms with E-state index in [0.29, 0.717) is 19.6 Å².